The van der Waals surface area contributed by atoms with Gasteiger partial charge >= 0.3 is 0 Å². The van der Waals surface area contributed by atoms with Gasteiger partial charge in [-0.25, -0.2) is 8.42 Å². The number of hydrogen-bond donors (Lipinski definition) is 2. The Kier molecular flexibility index (Phi) is 2.97. The van der Waals surface area contributed by atoms with Gasteiger partial charge in [0.05, 0.1) is 11.5 Å². The minimum atomic E-state index is -2.85. The van der Waals surface area contributed by atoms with E-state index in [-0.39, 0.29) is 23.7 Å². The molecule has 0 aromatic rings. The van der Waals surface area contributed by atoms with Crippen LogP contribution in [0.5, 0.6) is 0 Å². The summed E-state index contributed by atoms with van der Waals surface area (Å²) in [5.74, 6) is 0.580. The summed E-state index contributed by atoms with van der Waals surface area (Å²) in [5, 5.41) is 5.97. The molecule has 1 amide bonds. The van der Waals surface area contributed by atoms with Crippen LogP contribution in [-0.4, -0.2) is 44.5 Å². The highest BCUT2D eigenvalue weighted by Gasteiger charge is 2.29. The number of rotatable bonds is 2. The quantitative estimate of drug-likeness (QED) is 0.643. The van der Waals surface area contributed by atoms with Gasteiger partial charge in [-0.1, -0.05) is 0 Å². The molecule has 2 rings (SSSR count). The van der Waals surface area contributed by atoms with Crippen molar-refractivity contribution in [3.63, 3.8) is 0 Å². The molecule has 0 bridgehead atoms. The maximum absolute atomic E-state index is 11.4. The van der Waals surface area contributed by atoms with Crippen molar-refractivity contribution in [3.8, 4) is 0 Å². The van der Waals surface area contributed by atoms with Gasteiger partial charge in [-0.3, -0.25) is 4.79 Å². The maximum Gasteiger partial charge on any atom is 0.221 e. The summed E-state index contributed by atoms with van der Waals surface area (Å²) in [6.07, 6.45) is 2.09. The monoisotopic (exact) mass is 232 g/mol. The fraction of sp³-hybridized carbons (Fsp3) is 0.889. The minimum Gasteiger partial charge on any atom is -0.354 e. The van der Waals surface area contributed by atoms with E-state index in [9.17, 15) is 13.2 Å². The van der Waals surface area contributed by atoms with Crippen LogP contribution in [-0.2, 0) is 14.6 Å². The summed E-state index contributed by atoms with van der Waals surface area (Å²) >= 11 is 0. The van der Waals surface area contributed by atoms with Crippen molar-refractivity contribution in [1.29, 1.82) is 0 Å². The van der Waals surface area contributed by atoms with Crippen LogP contribution in [0.1, 0.15) is 19.3 Å². The Morgan fingerprint density at radius 1 is 1.33 bits per heavy atom. The minimum absolute atomic E-state index is 0.0291. The average Bonchev–Trinajstić information content (AvgIpc) is 2.49. The summed E-state index contributed by atoms with van der Waals surface area (Å²) in [5.41, 5.74) is 0. The van der Waals surface area contributed by atoms with E-state index in [2.05, 4.69) is 10.6 Å². The average molecular weight is 232 g/mol. The van der Waals surface area contributed by atoms with E-state index < -0.39 is 9.84 Å². The van der Waals surface area contributed by atoms with Gasteiger partial charge in [0.2, 0.25) is 5.91 Å². The van der Waals surface area contributed by atoms with Gasteiger partial charge < -0.3 is 10.6 Å². The molecule has 5 nitrogen and oxygen atoms in total. The molecule has 0 aliphatic carbocycles. The summed E-state index contributed by atoms with van der Waals surface area (Å²) in [7, 11) is -2.85. The van der Waals surface area contributed by atoms with Crippen LogP contribution in [0.25, 0.3) is 0 Å². The molecule has 86 valence electrons. The highest BCUT2D eigenvalue weighted by molar-refractivity contribution is 7.91. The Hall–Kier alpha value is -0.620. The molecule has 6 heteroatoms. The summed E-state index contributed by atoms with van der Waals surface area (Å²) in [4.78, 5) is 11.0. The van der Waals surface area contributed by atoms with Gasteiger partial charge in [0, 0.05) is 25.0 Å². The molecule has 2 atom stereocenters. The summed E-state index contributed by atoms with van der Waals surface area (Å²) in [6.45, 7) is 0.620. The first kappa shape index (κ1) is 10.9. The predicted octanol–water partition coefficient (Wildman–Crippen LogP) is -0.958. The van der Waals surface area contributed by atoms with E-state index >= 15 is 0 Å². The standard InChI is InChI=1S/C9H16N2O3S/c12-9-4-8(5-10-9)11-7-2-1-3-15(13,14)6-7/h7-8,11H,1-6H2,(H,10,12). The second-order valence-electron chi connectivity index (χ2n) is 4.33. The molecule has 0 saturated carbocycles. The molecular weight excluding hydrogens is 216 g/mol. The zero-order valence-corrected chi connectivity index (χ0v) is 9.35. The van der Waals surface area contributed by atoms with Crippen molar-refractivity contribution in [2.45, 2.75) is 31.3 Å². The van der Waals surface area contributed by atoms with Crippen LogP contribution >= 0.6 is 0 Å². The van der Waals surface area contributed by atoms with Crippen LogP contribution in [0.15, 0.2) is 0 Å². The zero-order chi connectivity index (χ0) is 10.9. The van der Waals surface area contributed by atoms with Gasteiger partial charge in [-0.2, -0.15) is 0 Å². The lowest BCUT2D eigenvalue weighted by Gasteiger charge is -2.25. The van der Waals surface area contributed by atoms with Gasteiger partial charge in [0.15, 0.2) is 9.84 Å². The normalized spacial score (nSPS) is 35.1. The van der Waals surface area contributed by atoms with Crippen molar-refractivity contribution < 1.29 is 13.2 Å². The lowest BCUT2D eigenvalue weighted by atomic mass is 10.1. The van der Waals surface area contributed by atoms with E-state index in [1.54, 1.807) is 0 Å². The number of carbonyl (C=O) groups is 1. The zero-order valence-electron chi connectivity index (χ0n) is 8.53. The first-order chi connectivity index (χ1) is 7.05. The smallest absolute Gasteiger partial charge is 0.221 e. The summed E-state index contributed by atoms with van der Waals surface area (Å²) in [6, 6.07) is 0.136. The lowest BCUT2D eigenvalue weighted by Crippen LogP contribution is -2.46. The predicted molar refractivity (Wildman–Crippen MR) is 56.2 cm³/mol. The molecule has 0 aromatic heterocycles. The van der Waals surface area contributed by atoms with Gasteiger partial charge in [-0.05, 0) is 12.8 Å². The lowest BCUT2D eigenvalue weighted by molar-refractivity contribution is -0.119. The Bertz CT molecular complexity index is 352. The first-order valence-electron chi connectivity index (χ1n) is 5.28. The summed E-state index contributed by atoms with van der Waals surface area (Å²) < 4.78 is 22.8. The van der Waals surface area contributed by atoms with Crippen molar-refractivity contribution >= 4 is 15.7 Å². The Balaban J connectivity index is 1.87. The molecule has 0 aromatic carbocycles. The number of nitrogens with one attached hydrogen (secondary N) is 2. The molecule has 2 fully saturated rings. The first-order valence-corrected chi connectivity index (χ1v) is 7.10. The molecule has 2 aliphatic rings. The molecule has 15 heavy (non-hydrogen) atoms. The van der Waals surface area contributed by atoms with E-state index in [0.717, 1.165) is 12.8 Å². The molecule has 2 unspecified atom stereocenters. The van der Waals surface area contributed by atoms with Gasteiger partial charge in [-0.15, -0.1) is 0 Å². The largest absolute Gasteiger partial charge is 0.354 e. The van der Waals surface area contributed by atoms with E-state index in [1.165, 1.54) is 0 Å². The van der Waals surface area contributed by atoms with Crippen LogP contribution in [0.3, 0.4) is 0 Å². The van der Waals surface area contributed by atoms with Crippen LogP contribution in [0.4, 0.5) is 0 Å². The third-order valence-corrected chi connectivity index (χ3v) is 4.73. The van der Waals surface area contributed by atoms with Crippen molar-refractivity contribution in [2.75, 3.05) is 18.1 Å². The molecule has 2 N–H and O–H groups in total. The second kappa shape index (κ2) is 4.09. The number of carbonyl (C=O) groups excluding carboxylic acids is 1. The fourth-order valence-corrected chi connectivity index (χ4v) is 3.86. The highest BCUT2D eigenvalue weighted by Crippen LogP contribution is 2.13. The van der Waals surface area contributed by atoms with Crippen LogP contribution in [0.2, 0.25) is 0 Å². The van der Waals surface area contributed by atoms with E-state index in [4.69, 9.17) is 0 Å². The van der Waals surface area contributed by atoms with Crippen LogP contribution in [0, 0.1) is 0 Å². The molecular formula is C9H16N2O3S. The van der Waals surface area contributed by atoms with Crippen LogP contribution < -0.4 is 10.6 Å². The van der Waals surface area contributed by atoms with Gasteiger partial charge in [0.1, 0.15) is 0 Å². The van der Waals surface area contributed by atoms with E-state index in [0.29, 0.717) is 18.7 Å². The number of amides is 1. The Morgan fingerprint density at radius 3 is 2.73 bits per heavy atom. The number of sulfone groups is 1. The third-order valence-electron chi connectivity index (χ3n) is 2.91. The molecule has 0 spiro atoms. The van der Waals surface area contributed by atoms with Crippen molar-refractivity contribution in [2.24, 2.45) is 0 Å². The second-order valence-corrected chi connectivity index (χ2v) is 6.55. The maximum atomic E-state index is 11.4. The Labute approximate surface area is 89.5 Å². The van der Waals surface area contributed by atoms with E-state index in [1.807, 2.05) is 0 Å². The van der Waals surface area contributed by atoms with Crippen molar-refractivity contribution in [3.05, 3.63) is 0 Å². The Morgan fingerprint density at radius 2 is 2.13 bits per heavy atom. The molecule has 2 saturated heterocycles. The number of hydrogen-bond acceptors (Lipinski definition) is 4. The third kappa shape index (κ3) is 2.92. The molecule has 2 aliphatic heterocycles. The van der Waals surface area contributed by atoms with Crippen molar-refractivity contribution in [1.82, 2.24) is 10.6 Å². The highest BCUT2D eigenvalue weighted by atomic mass is 32.2. The fourth-order valence-electron chi connectivity index (χ4n) is 2.21. The molecule has 0 radical (unpaired) electrons. The topological polar surface area (TPSA) is 75.3 Å². The van der Waals surface area contributed by atoms with Gasteiger partial charge in [0.25, 0.3) is 0 Å². The SMILES string of the molecule is O=C1CC(NC2CCCS(=O)(=O)C2)CN1. The molecule has 2 heterocycles.